The molecule has 2 aromatic rings. The van der Waals surface area contributed by atoms with E-state index in [9.17, 15) is 9.59 Å². The molecule has 0 saturated carbocycles. The fourth-order valence-corrected chi connectivity index (χ4v) is 1.99. The topological polar surface area (TPSA) is 68.4 Å². The number of carbonyl (C=O) groups is 2. The van der Waals surface area contributed by atoms with Gasteiger partial charge in [0.25, 0.3) is 0 Å². The maximum absolute atomic E-state index is 11.7. The van der Waals surface area contributed by atoms with E-state index in [4.69, 9.17) is 21.1 Å². The Hall–Kier alpha value is -2.01. The van der Waals surface area contributed by atoms with Crippen molar-refractivity contribution in [1.82, 2.24) is 4.98 Å². The average molecular weight is 282 g/mol. The molecule has 0 aliphatic carbocycles. The minimum Gasteiger partial charge on any atom is -0.461 e. The van der Waals surface area contributed by atoms with Crippen LogP contribution in [0.4, 0.5) is 0 Å². The first kappa shape index (κ1) is 13.4. The molecule has 1 aromatic carbocycles. The van der Waals surface area contributed by atoms with Crippen molar-refractivity contribution >= 4 is 34.4 Å². The zero-order valence-electron chi connectivity index (χ0n) is 10.5. The number of rotatable bonds is 3. The minimum absolute atomic E-state index is 0.193. The van der Waals surface area contributed by atoms with E-state index >= 15 is 0 Å². The molecule has 0 amide bonds. The lowest BCUT2D eigenvalue weighted by atomic mass is 10.2. The van der Waals surface area contributed by atoms with Crippen LogP contribution in [0.25, 0.3) is 10.9 Å². The third-order valence-corrected chi connectivity index (χ3v) is 2.84. The first-order valence-corrected chi connectivity index (χ1v) is 6.07. The van der Waals surface area contributed by atoms with E-state index < -0.39 is 11.9 Å². The zero-order valence-corrected chi connectivity index (χ0v) is 11.2. The van der Waals surface area contributed by atoms with E-state index in [0.717, 1.165) is 0 Å². The van der Waals surface area contributed by atoms with E-state index in [2.05, 4.69) is 4.98 Å². The average Bonchev–Trinajstić information content (AvgIpc) is 2.67. The molecule has 0 unspecified atom stereocenters. The van der Waals surface area contributed by atoms with Crippen LogP contribution in [0.1, 0.15) is 24.3 Å². The van der Waals surface area contributed by atoms with Gasteiger partial charge < -0.3 is 14.5 Å². The lowest BCUT2D eigenvalue weighted by Gasteiger charge is -2.00. The molecule has 0 fully saturated rings. The molecule has 0 aliphatic rings. The van der Waals surface area contributed by atoms with Crippen molar-refractivity contribution in [2.75, 3.05) is 6.61 Å². The van der Waals surface area contributed by atoms with E-state index in [1.54, 1.807) is 25.1 Å². The molecule has 2 rings (SSSR count). The van der Waals surface area contributed by atoms with E-state index in [1.165, 1.54) is 6.92 Å². The molecule has 1 aromatic heterocycles. The number of esters is 2. The molecule has 0 atom stereocenters. The molecular formula is C13H12ClNO4. The van der Waals surface area contributed by atoms with Gasteiger partial charge in [-0.05, 0) is 25.1 Å². The molecular weight excluding hydrogens is 270 g/mol. The highest BCUT2D eigenvalue weighted by atomic mass is 35.5. The van der Waals surface area contributed by atoms with Crippen LogP contribution in [0.15, 0.2) is 18.2 Å². The SMILES string of the molecule is CCOC(=O)c1[nH]c2ccc(OC(C)=O)cc2c1Cl. The van der Waals surface area contributed by atoms with Crippen LogP contribution >= 0.6 is 11.6 Å². The summed E-state index contributed by atoms with van der Waals surface area (Å²) in [5.74, 6) is -0.564. The summed E-state index contributed by atoms with van der Waals surface area (Å²) in [6.07, 6.45) is 0. The molecule has 1 N–H and O–H groups in total. The summed E-state index contributed by atoms with van der Waals surface area (Å²) >= 11 is 6.12. The second kappa shape index (κ2) is 5.32. The molecule has 0 bridgehead atoms. The van der Waals surface area contributed by atoms with Gasteiger partial charge in [-0.15, -0.1) is 0 Å². The highest BCUT2D eigenvalue weighted by Crippen LogP contribution is 2.30. The van der Waals surface area contributed by atoms with Crippen LogP contribution in [0.3, 0.4) is 0 Å². The Morgan fingerprint density at radius 3 is 2.74 bits per heavy atom. The summed E-state index contributed by atoms with van der Waals surface area (Å²) in [5.41, 5.74) is 0.863. The molecule has 100 valence electrons. The number of benzene rings is 1. The summed E-state index contributed by atoms with van der Waals surface area (Å²) < 4.78 is 9.86. The van der Waals surface area contributed by atoms with E-state index in [-0.39, 0.29) is 17.3 Å². The number of aromatic nitrogens is 1. The summed E-state index contributed by atoms with van der Waals surface area (Å²) in [6.45, 7) is 3.30. The number of hydrogen-bond donors (Lipinski definition) is 1. The maximum Gasteiger partial charge on any atom is 0.356 e. The Morgan fingerprint density at radius 2 is 2.11 bits per heavy atom. The van der Waals surface area contributed by atoms with Gasteiger partial charge in [-0.25, -0.2) is 4.79 Å². The normalized spacial score (nSPS) is 10.5. The molecule has 6 heteroatoms. The van der Waals surface area contributed by atoms with E-state index in [0.29, 0.717) is 16.7 Å². The number of fused-ring (bicyclic) bond motifs is 1. The number of carbonyl (C=O) groups excluding carboxylic acids is 2. The Kier molecular flexibility index (Phi) is 3.76. The molecule has 1 heterocycles. The van der Waals surface area contributed by atoms with Crippen LogP contribution in [0.5, 0.6) is 5.75 Å². The smallest absolute Gasteiger partial charge is 0.356 e. The van der Waals surface area contributed by atoms with Crippen molar-refractivity contribution in [3.63, 3.8) is 0 Å². The standard InChI is InChI=1S/C13H12ClNO4/c1-3-18-13(17)12-11(14)9-6-8(19-7(2)16)4-5-10(9)15-12/h4-6,15H,3H2,1-2H3. The first-order chi connectivity index (χ1) is 9.02. The van der Waals surface area contributed by atoms with Gasteiger partial charge in [0.1, 0.15) is 11.4 Å². The monoisotopic (exact) mass is 281 g/mol. The highest BCUT2D eigenvalue weighted by Gasteiger charge is 2.17. The maximum atomic E-state index is 11.7. The van der Waals surface area contributed by atoms with Crippen molar-refractivity contribution < 1.29 is 19.1 Å². The predicted octanol–water partition coefficient (Wildman–Crippen LogP) is 2.92. The first-order valence-electron chi connectivity index (χ1n) is 5.69. The van der Waals surface area contributed by atoms with Gasteiger partial charge in [0.05, 0.1) is 11.6 Å². The Balaban J connectivity index is 2.46. The molecule has 19 heavy (non-hydrogen) atoms. The minimum atomic E-state index is -0.516. The van der Waals surface area contributed by atoms with Crippen molar-refractivity contribution in [3.8, 4) is 5.75 Å². The van der Waals surface area contributed by atoms with Crippen molar-refractivity contribution in [3.05, 3.63) is 28.9 Å². The van der Waals surface area contributed by atoms with Crippen LogP contribution in [-0.2, 0) is 9.53 Å². The van der Waals surface area contributed by atoms with Gasteiger partial charge in [0.2, 0.25) is 0 Å². The number of aromatic amines is 1. The van der Waals surface area contributed by atoms with Gasteiger partial charge in [-0.3, -0.25) is 4.79 Å². The van der Waals surface area contributed by atoms with Gasteiger partial charge in [-0.2, -0.15) is 0 Å². The largest absolute Gasteiger partial charge is 0.461 e. The van der Waals surface area contributed by atoms with Crippen LogP contribution in [-0.4, -0.2) is 23.5 Å². The van der Waals surface area contributed by atoms with Gasteiger partial charge in [-0.1, -0.05) is 11.6 Å². The number of ether oxygens (including phenoxy) is 2. The summed E-state index contributed by atoms with van der Waals surface area (Å²) in [7, 11) is 0. The summed E-state index contributed by atoms with van der Waals surface area (Å²) in [4.78, 5) is 25.5. The van der Waals surface area contributed by atoms with Crippen molar-refractivity contribution in [1.29, 1.82) is 0 Å². The van der Waals surface area contributed by atoms with Crippen LogP contribution in [0, 0.1) is 0 Å². The fourth-order valence-electron chi connectivity index (χ4n) is 1.71. The second-order valence-corrected chi connectivity index (χ2v) is 4.21. The Morgan fingerprint density at radius 1 is 1.37 bits per heavy atom. The third kappa shape index (κ3) is 2.71. The highest BCUT2D eigenvalue weighted by molar-refractivity contribution is 6.38. The van der Waals surface area contributed by atoms with Crippen LogP contribution < -0.4 is 4.74 Å². The van der Waals surface area contributed by atoms with Crippen molar-refractivity contribution in [2.45, 2.75) is 13.8 Å². The molecule has 5 nitrogen and oxygen atoms in total. The number of nitrogens with one attached hydrogen (secondary N) is 1. The molecule has 0 aliphatic heterocycles. The quantitative estimate of drug-likeness (QED) is 0.694. The lowest BCUT2D eigenvalue weighted by molar-refractivity contribution is -0.131. The Bertz CT molecular complexity index is 647. The van der Waals surface area contributed by atoms with Gasteiger partial charge >= 0.3 is 11.9 Å². The number of hydrogen-bond acceptors (Lipinski definition) is 4. The van der Waals surface area contributed by atoms with E-state index in [1.807, 2.05) is 0 Å². The van der Waals surface area contributed by atoms with Crippen molar-refractivity contribution in [2.24, 2.45) is 0 Å². The van der Waals surface area contributed by atoms with Gasteiger partial charge in [0, 0.05) is 17.8 Å². The summed E-state index contributed by atoms with van der Waals surface area (Å²) in [5, 5.41) is 0.853. The molecule has 0 radical (unpaired) electrons. The Labute approximate surface area is 114 Å². The molecule has 0 saturated heterocycles. The second-order valence-electron chi connectivity index (χ2n) is 3.84. The molecule has 0 spiro atoms. The number of halogens is 1. The number of H-pyrrole nitrogens is 1. The van der Waals surface area contributed by atoms with Gasteiger partial charge in [0.15, 0.2) is 0 Å². The summed E-state index contributed by atoms with van der Waals surface area (Å²) in [6, 6.07) is 4.89. The lowest BCUT2D eigenvalue weighted by Crippen LogP contribution is -2.05. The predicted molar refractivity (Wildman–Crippen MR) is 70.6 cm³/mol. The fraction of sp³-hybridized carbons (Fsp3) is 0.231. The third-order valence-electron chi connectivity index (χ3n) is 2.45. The zero-order chi connectivity index (χ0) is 14.0. The van der Waals surface area contributed by atoms with Crippen LogP contribution in [0.2, 0.25) is 5.02 Å².